The third kappa shape index (κ3) is 3.47. The fraction of sp³-hybridized carbons (Fsp3) is 0.500. The maximum Gasteiger partial charge on any atom is 0.133 e. The van der Waals surface area contributed by atoms with E-state index in [4.69, 9.17) is 9.57 Å². The second-order valence-electron chi connectivity index (χ2n) is 4.04. The van der Waals surface area contributed by atoms with Crippen LogP contribution in [0.4, 0.5) is 0 Å². The van der Waals surface area contributed by atoms with Crippen LogP contribution in [-0.2, 0) is 11.4 Å². The average molecular weight is 286 g/mol. The van der Waals surface area contributed by atoms with Crippen molar-refractivity contribution in [1.29, 1.82) is 0 Å². The molecule has 0 aliphatic heterocycles. The summed E-state index contributed by atoms with van der Waals surface area (Å²) in [6.07, 6.45) is 2.62. The Morgan fingerprint density at radius 3 is 2.94 bits per heavy atom. The van der Waals surface area contributed by atoms with E-state index in [0.717, 1.165) is 28.3 Å². The molecule has 0 amide bonds. The number of benzene rings is 1. The van der Waals surface area contributed by atoms with Gasteiger partial charge in [-0.05, 0) is 52.4 Å². The van der Waals surface area contributed by atoms with Gasteiger partial charge >= 0.3 is 0 Å². The molecule has 0 spiro atoms. The van der Waals surface area contributed by atoms with E-state index in [1.807, 2.05) is 18.2 Å². The summed E-state index contributed by atoms with van der Waals surface area (Å²) < 4.78 is 6.77. The van der Waals surface area contributed by atoms with Crippen LogP contribution in [0.1, 0.15) is 18.4 Å². The Morgan fingerprint density at radius 2 is 2.25 bits per heavy atom. The minimum atomic E-state index is 0.684. The minimum Gasteiger partial charge on any atom is -0.492 e. The van der Waals surface area contributed by atoms with Gasteiger partial charge in [-0.2, -0.15) is 5.48 Å². The molecule has 0 bridgehead atoms. The van der Waals surface area contributed by atoms with Crippen LogP contribution in [0.3, 0.4) is 0 Å². The predicted molar refractivity (Wildman–Crippen MR) is 66.2 cm³/mol. The average Bonchev–Trinajstić information content (AvgIpc) is 3.10. The van der Waals surface area contributed by atoms with Crippen LogP contribution < -0.4 is 10.2 Å². The fourth-order valence-corrected chi connectivity index (χ4v) is 1.78. The Bertz CT molecular complexity index is 353. The minimum absolute atomic E-state index is 0.684. The van der Waals surface area contributed by atoms with Gasteiger partial charge in [-0.3, -0.25) is 0 Å². The van der Waals surface area contributed by atoms with Crippen molar-refractivity contribution in [2.24, 2.45) is 5.92 Å². The molecule has 1 aliphatic carbocycles. The van der Waals surface area contributed by atoms with Gasteiger partial charge in [-0.1, -0.05) is 6.07 Å². The molecule has 16 heavy (non-hydrogen) atoms. The second-order valence-corrected chi connectivity index (χ2v) is 4.90. The van der Waals surface area contributed by atoms with Crippen molar-refractivity contribution in [3.8, 4) is 5.75 Å². The first kappa shape index (κ1) is 11.9. The quantitative estimate of drug-likeness (QED) is 0.816. The van der Waals surface area contributed by atoms with Gasteiger partial charge in [0, 0.05) is 6.54 Å². The van der Waals surface area contributed by atoms with Crippen molar-refractivity contribution in [1.82, 2.24) is 5.48 Å². The molecule has 2 rings (SSSR count). The SMILES string of the molecule is CONCc1ccc(Br)c(OCC2CC2)c1. The molecule has 0 unspecified atom stereocenters. The zero-order chi connectivity index (χ0) is 11.4. The number of rotatable bonds is 6. The molecule has 3 nitrogen and oxygen atoms in total. The van der Waals surface area contributed by atoms with E-state index in [1.54, 1.807) is 7.11 Å². The molecule has 1 N–H and O–H groups in total. The lowest BCUT2D eigenvalue weighted by atomic mass is 10.2. The molecule has 1 aromatic carbocycles. The molecular formula is C12H16BrNO2. The highest BCUT2D eigenvalue weighted by Crippen LogP contribution is 2.32. The van der Waals surface area contributed by atoms with Crippen LogP contribution in [-0.4, -0.2) is 13.7 Å². The first-order chi connectivity index (χ1) is 7.79. The Hall–Kier alpha value is -0.580. The molecule has 0 atom stereocenters. The molecule has 1 aromatic rings. The van der Waals surface area contributed by atoms with Crippen LogP contribution in [0.25, 0.3) is 0 Å². The van der Waals surface area contributed by atoms with Crippen molar-refractivity contribution < 1.29 is 9.57 Å². The molecular weight excluding hydrogens is 270 g/mol. The van der Waals surface area contributed by atoms with Gasteiger partial charge in [-0.15, -0.1) is 0 Å². The largest absolute Gasteiger partial charge is 0.492 e. The van der Waals surface area contributed by atoms with Gasteiger partial charge in [0.15, 0.2) is 0 Å². The van der Waals surface area contributed by atoms with E-state index in [1.165, 1.54) is 12.8 Å². The molecule has 0 heterocycles. The molecule has 0 saturated heterocycles. The second kappa shape index (κ2) is 5.66. The fourth-order valence-electron chi connectivity index (χ4n) is 1.42. The number of nitrogens with one attached hydrogen (secondary N) is 1. The predicted octanol–water partition coefficient (Wildman–Crippen LogP) is 2.89. The van der Waals surface area contributed by atoms with Gasteiger partial charge in [0.2, 0.25) is 0 Å². The summed E-state index contributed by atoms with van der Waals surface area (Å²) >= 11 is 3.49. The Kier molecular flexibility index (Phi) is 4.21. The van der Waals surface area contributed by atoms with Crippen molar-refractivity contribution in [3.63, 3.8) is 0 Å². The molecule has 1 saturated carbocycles. The highest BCUT2D eigenvalue weighted by Gasteiger charge is 2.22. The van der Waals surface area contributed by atoms with E-state index in [0.29, 0.717) is 6.54 Å². The summed E-state index contributed by atoms with van der Waals surface area (Å²) in [6, 6.07) is 6.09. The van der Waals surface area contributed by atoms with Crippen LogP contribution >= 0.6 is 15.9 Å². The number of halogens is 1. The highest BCUT2D eigenvalue weighted by atomic mass is 79.9. The van der Waals surface area contributed by atoms with Crippen LogP contribution in [0.5, 0.6) is 5.75 Å². The van der Waals surface area contributed by atoms with Gasteiger partial charge < -0.3 is 9.57 Å². The maximum atomic E-state index is 5.77. The number of ether oxygens (including phenoxy) is 1. The molecule has 1 aliphatic rings. The zero-order valence-corrected chi connectivity index (χ0v) is 10.9. The number of hydrogen-bond acceptors (Lipinski definition) is 3. The first-order valence-corrected chi connectivity index (χ1v) is 6.26. The molecule has 4 heteroatoms. The molecule has 88 valence electrons. The van der Waals surface area contributed by atoms with Crippen LogP contribution in [0.2, 0.25) is 0 Å². The van der Waals surface area contributed by atoms with Gasteiger partial charge in [0.1, 0.15) is 5.75 Å². The third-order valence-electron chi connectivity index (χ3n) is 2.59. The van der Waals surface area contributed by atoms with Gasteiger partial charge in [-0.25, -0.2) is 0 Å². The lowest BCUT2D eigenvalue weighted by molar-refractivity contribution is 0.0866. The van der Waals surface area contributed by atoms with Gasteiger partial charge in [0.25, 0.3) is 0 Å². The topological polar surface area (TPSA) is 30.5 Å². The van der Waals surface area contributed by atoms with Crippen molar-refractivity contribution in [3.05, 3.63) is 28.2 Å². The van der Waals surface area contributed by atoms with Crippen LogP contribution in [0, 0.1) is 5.92 Å². The summed E-state index contributed by atoms with van der Waals surface area (Å²) in [5.41, 5.74) is 3.97. The zero-order valence-electron chi connectivity index (χ0n) is 9.33. The lowest BCUT2D eigenvalue weighted by Crippen LogP contribution is -2.11. The summed E-state index contributed by atoms with van der Waals surface area (Å²) in [5, 5.41) is 0. The van der Waals surface area contributed by atoms with E-state index < -0.39 is 0 Å². The monoisotopic (exact) mass is 285 g/mol. The van der Waals surface area contributed by atoms with Gasteiger partial charge in [0.05, 0.1) is 18.2 Å². The van der Waals surface area contributed by atoms with E-state index in [-0.39, 0.29) is 0 Å². The third-order valence-corrected chi connectivity index (χ3v) is 3.24. The lowest BCUT2D eigenvalue weighted by Gasteiger charge is -2.10. The molecule has 1 fully saturated rings. The van der Waals surface area contributed by atoms with Crippen LogP contribution in [0.15, 0.2) is 22.7 Å². The summed E-state index contributed by atoms with van der Waals surface area (Å²) in [5.74, 6) is 1.69. The number of hydroxylamine groups is 1. The van der Waals surface area contributed by atoms with Crippen molar-refractivity contribution >= 4 is 15.9 Å². The molecule has 0 radical (unpaired) electrons. The maximum absolute atomic E-state index is 5.77. The first-order valence-electron chi connectivity index (χ1n) is 5.46. The smallest absolute Gasteiger partial charge is 0.133 e. The van der Waals surface area contributed by atoms with Crippen molar-refractivity contribution in [2.45, 2.75) is 19.4 Å². The Morgan fingerprint density at radius 1 is 1.44 bits per heavy atom. The normalized spacial score (nSPS) is 15.1. The van der Waals surface area contributed by atoms with E-state index in [2.05, 4.69) is 21.4 Å². The standard InChI is InChI=1S/C12H16BrNO2/c1-15-14-7-10-4-5-11(13)12(6-10)16-8-9-2-3-9/h4-6,9,14H,2-3,7-8H2,1H3. The summed E-state index contributed by atoms with van der Waals surface area (Å²) in [6.45, 7) is 1.52. The van der Waals surface area contributed by atoms with E-state index >= 15 is 0 Å². The molecule has 0 aromatic heterocycles. The van der Waals surface area contributed by atoms with E-state index in [9.17, 15) is 0 Å². The van der Waals surface area contributed by atoms with Crippen molar-refractivity contribution in [2.75, 3.05) is 13.7 Å². The Labute approximate surface area is 104 Å². The number of hydrogen-bond donors (Lipinski definition) is 1. The summed E-state index contributed by atoms with van der Waals surface area (Å²) in [7, 11) is 1.61. The highest BCUT2D eigenvalue weighted by molar-refractivity contribution is 9.10. The summed E-state index contributed by atoms with van der Waals surface area (Å²) in [4.78, 5) is 4.82. The Balaban J connectivity index is 1.96.